The van der Waals surface area contributed by atoms with Gasteiger partial charge in [0.2, 0.25) is 0 Å². The highest BCUT2D eigenvalue weighted by Gasteiger charge is 2.28. The first-order valence-corrected chi connectivity index (χ1v) is 7.56. The molecular weight excluding hydrogens is 434 g/mol. The summed E-state index contributed by atoms with van der Waals surface area (Å²) in [6.07, 6.45) is -2.13. The molecule has 0 aromatic heterocycles. The van der Waals surface area contributed by atoms with Crippen molar-refractivity contribution in [3.8, 4) is 5.75 Å². The van der Waals surface area contributed by atoms with Crippen molar-refractivity contribution in [2.45, 2.75) is 32.5 Å². The second-order valence-electron chi connectivity index (χ2n) is 5.22. The monoisotopic (exact) mass is 459 g/mol. The van der Waals surface area contributed by atoms with Crippen LogP contribution in [0.15, 0.2) is 29.3 Å². The number of rotatable bonds is 7. The number of benzene rings is 1. The zero-order chi connectivity index (χ0) is 17.3. The second-order valence-corrected chi connectivity index (χ2v) is 5.22. The van der Waals surface area contributed by atoms with Gasteiger partial charge < -0.3 is 15.0 Å². The Bertz CT molecular complexity index is 492. The van der Waals surface area contributed by atoms with E-state index in [2.05, 4.69) is 22.0 Å². The summed E-state index contributed by atoms with van der Waals surface area (Å²) in [5, 5.41) is 3.23. The molecule has 1 rings (SSSR count). The highest BCUT2D eigenvalue weighted by molar-refractivity contribution is 14.0. The van der Waals surface area contributed by atoms with Crippen LogP contribution in [0.25, 0.3) is 0 Å². The number of hydrogen-bond donors (Lipinski definition) is 1. The highest BCUT2D eigenvalue weighted by Crippen LogP contribution is 2.18. The standard InChI is InChI=1S/C16H24F3N3O.HI/c1-4-5-10-22(3)15(20-2)21-11-13-6-8-14(9-7-13)23-12-16(17,18)19;/h6-9H,4-5,10-12H2,1-3H3,(H,20,21);1H. The summed E-state index contributed by atoms with van der Waals surface area (Å²) in [6.45, 7) is 2.31. The summed E-state index contributed by atoms with van der Waals surface area (Å²) in [4.78, 5) is 6.26. The molecule has 0 aliphatic heterocycles. The summed E-state index contributed by atoms with van der Waals surface area (Å²) in [6, 6.07) is 6.54. The molecule has 0 saturated carbocycles. The lowest BCUT2D eigenvalue weighted by atomic mass is 10.2. The van der Waals surface area contributed by atoms with E-state index >= 15 is 0 Å². The van der Waals surface area contributed by atoms with Gasteiger partial charge in [0, 0.05) is 27.2 Å². The fourth-order valence-corrected chi connectivity index (χ4v) is 1.94. The molecule has 24 heavy (non-hydrogen) atoms. The van der Waals surface area contributed by atoms with Crippen LogP contribution in [0, 0.1) is 0 Å². The van der Waals surface area contributed by atoms with Gasteiger partial charge in [-0.1, -0.05) is 25.5 Å². The molecule has 4 nitrogen and oxygen atoms in total. The van der Waals surface area contributed by atoms with Crippen LogP contribution in [-0.4, -0.2) is 44.3 Å². The largest absolute Gasteiger partial charge is 0.484 e. The number of nitrogens with one attached hydrogen (secondary N) is 1. The predicted molar refractivity (Wildman–Crippen MR) is 101 cm³/mol. The van der Waals surface area contributed by atoms with Crippen LogP contribution in [0.4, 0.5) is 13.2 Å². The molecule has 1 aromatic carbocycles. The van der Waals surface area contributed by atoms with Crippen molar-refractivity contribution in [1.29, 1.82) is 0 Å². The van der Waals surface area contributed by atoms with Gasteiger partial charge in [0.1, 0.15) is 5.75 Å². The van der Waals surface area contributed by atoms with Crippen LogP contribution in [0.3, 0.4) is 0 Å². The average Bonchev–Trinajstić information content (AvgIpc) is 2.51. The normalized spacial score (nSPS) is 11.7. The van der Waals surface area contributed by atoms with E-state index < -0.39 is 12.8 Å². The molecule has 0 spiro atoms. The lowest BCUT2D eigenvalue weighted by molar-refractivity contribution is -0.153. The first kappa shape index (κ1) is 22.8. The molecule has 0 radical (unpaired) electrons. The molecule has 1 N–H and O–H groups in total. The Kier molecular flexibility index (Phi) is 10.8. The average molecular weight is 459 g/mol. The van der Waals surface area contributed by atoms with Gasteiger partial charge in [0.15, 0.2) is 12.6 Å². The van der Waals surface area contributed by atoms with Crippen molar-refractivity contribution in [1.82, 2.24) is 10.2 Å². The number of guanidine groups is 1. The van der Waals surface area contributed by atoms with Crippen LogP contribution in [-0.2, 0) is 6.54 Å². The van der Waals surface area contributed by atoms with Crippen molar-refractivity contribution in [3.63, 3.8) is 0 Å². The summed E-state index contributed by atoms with van der Waals surface area (Å²) < 4.78 is 40.9. The number of aliphatic imine (C=N–C) groups is 1. The van der Waals surface area contributed by atoms with Gasteiger partial charge in [0.05, 0.1) is 0 Å². The number of unbranched alkanes of at least 4 members (excludes halogenated alkanes) is 1. The molecule has 0 amide bonds. The molecule has 0 heterocycles. The van der Waals surface area contributed by atoms with E-state index in [1.54, 1.807) is 19.2 Å². The van der Waals surface area contributed by atoms with Crippen molar-refractivity contribution in [2.24, 2.45) is 4.99 Å². The quantitative estimate of drug-likeness (QED) is 0.380. The lowest BCUT2D eigenvalue weighted by Crippen LogP contribution is -2.38. The third-order valence-electron chi connectivity index (χ3n) is 3.20. The Hall–Kier alpha value is -1.19. The smallest absolute Gasteiger partial charge is 0.422 e. The van der Waals surface area contributed by atoms with Crippen LogP contribution >= 0.6 is 24.0 Å². The van der Waals surface area contributed by atoms with E-state index in [1.807, 2.05) is 11.9 Å². The maximum absolute atomic E-state index is 12.1. The third-order valence-corrected chi connectivity index (χ3v) is 3.20. The number of hydrogen-bond acceptors (Lipinski definition) is 2. The minimum atomic E-state index is -4.32. The van der Waals surface area contributed by atoms with Crippen molar-refractivity contribution < 1.29 is 17.9 Å². The van der Waals surface area contributed by atoms with E-state index in [0.29, 0.717) is 6.54 Å². The molecule has 138 valence electrons. The molecule has 0 fully saturated rings. The molecule has 0 bridgehead atoms. The maximum Gasteiger partial charge on any atom is 0.422 e. The van der Waals surface area contributed by atoms with E-state index in [1.165, 1.54) is 12.1 Å². The Morgan fingerprint density at radius 3 is 2.38 bits per heavy atom. The van der Waals surface area contributed by atoms with E-state index in [0.717, 1.165) is 30.9 Å². The fraction of sp³-hybridized carbons (Fsp3) is 0.562. The Morgan fingerprint density at radius 1 is 1.25 bits per heavy atom. The van der Waals surface area contributed by atoms with E-state index in [9.17, 15) is 13.2 Å². The molecule has 0 aliphatic carbocycles. The number of nitrogens with zero attached hydrogens (tertiary/aromatic N) is 2. The molecule has 0 unspecified atom stereocenters. The second kappa shape index (κ2) is 11.4. The maximum atomic E-state index is 12.1. The van der Waals surface area contributed by atoms with Gasteiger partial charge in [-0.15, -0.1) is 24.0 Å². The third kappa shape index (κ3) is 9.19. The van der Waals surface area contributed by atoms with Crippen molar-refractivity contribution in [2.75, 3.05) is 27.2 Å². The first-order valence-electron chi connectivity index (χ1n) is 7.56. The zero-order valence-electron chi connectivity index (χ0n) is 14.2. The molecule has 1 aromatic rings. The van der Waals surface area contributed by atoms with Crippen molar-refractivity contribution in [3.05, 3.63) is 29.8 Å². The molecule has 0 aliphatic rings. The van der Waals surface area contributed by atoms with Gasteiger partial charge >= 0.3 is 6.18 Å². The summed E-state index contributed by atoms with van der Waals surface area (Å²) in [7, 11) is 3.69. The van der Waals surface area contributed by atoms with Gasteiger partial charge in [-0.05, 0) is 24.1 Å². The molecular formula is C16H25F3IN3O. The first-order chi connectivity index (χ1) is 10.9. The minimum absolute atomic E-state index is 0. The van der Waals surface area contributed by atoms with Gasteiger partial charge in [-0.3, -0.25) is 4.99 Å². The summed E-state index contributed by atoms with van der Waals surface area (Å²) >= 11 is 0. The van der Waals surface area contributed by atoms with E-state index in [-0.39, 0.29) is 29.7 Å². The Morgan fingerprint density at radius 2 is 1.88 bits per heavy atom. The number of ether oxygens (including phenoxy) is 1. The number of halogens is 4. The summed E-state index contributed by atoms with van der Waals surface area (Å²) in [5.41, 5.74) is 0.939. The van der Waals surface area contributed by atoms with Gasteiger partial charge in [-0.2, -0.15) is 13.2 Å². The van der Waals surface area contributed by atoms with Gasteiger partial charge in [0.25, 0.3) is 0 Å². The molecule has 0 atom stereocenters. The predicted octanol–water partition coefficient (Wildman–Crippen LogP) is 4.05. The minimum Gasteiger partial charge on any atom is -0.484 e. The lowest BCUT2D eigenvalue weighted by Gasteiger charge is -2.21. The SMILES string of the molecule is CCCCN(C)C(=NC)NCc1ccc(OCC(F)(F)F)cc1.I. The molecule has 0 saturated heterocycles. The van der Waals surface area contributed by atoms with Crippen LogP contribution < -0.4 is 10.1 Å². The van der Waals surface area contributed by atoms with Crippen LogP contribution in [0.5, 0.6) is 5.75 Å². The number of alkyl halides is 3. The Balaban J connectivity index is 0.00000529. The molecule has 8 heteroatoms. The zero-order valence-corrected chi connectivity index (χ0v) is 16.5. The van der Waals surface area contributed by atoms with Crippen LogP contribution in [0.2, 0.25) is 0 Å². The van der Waals surface area contributed by atoms with Gasteiger partial charge in [-0.25, -0.2) is 0 Å². The van der Waals surface area contributed by atoms with Crippen LogP contribution in [0.1, 0.15) is 25.3 Å². The topological polar surface area (TPSA) is 36.9 Å². The van der Waals surface area contributed by atoms with Crippen molar-refractivity contribution >= 4 is 29.9 Å². The Labute approximate surface area is 158 Å². The highest BCUT2D eigenvalue weighted by atomic mass is 127. The fourth-order valence-electron chi connectivity index (χ4n) is 1.94. The summed E-state index contributed by atoms with van der Waals surface area (Å²) in [5.74, 6) is 0.992. The van der Waals surface area contributed by atoms with E-state index in [4.69, 9.17) is 0 Å².